The topological polar surface area (TPSA) is 72.9 Å². The Morgan fingerprint density at radius 2 is 1.68 bits per heavy atom. The molecular formula is C13H10F3NO5. The fraction of sp³-hybridized carbons (Fsp3) is 0.308. The van der Waals surface area contributed by atoms with Crippen molar-refractivity contribution in [2.75, 3.05) is 7.11 Å². The summed E-state index contributed by atoms with van der Waals surface area (Å²) < 4.78 is 41.6. The lowest BCUT2D eigenvalue weighted by atomic mass is 10.1. The van der Waals surface area contributed by atoms with Gasteiger partial charge >= 0.3 is 12.1 Å². The second-order valence-electron chi connectivity index (χ2n) is 4.38. The molecule has 0 fully saturated rings. The molecule has 2 amide bonds. The minimum absolute atomic E-state index is 0.0133. The van der Waals surface area contributed by atoms with E-state index >= 15 is 0 Å². The van der Waals surface area contributed by atoms with E-state index in [0.29, 0.717) is 0 Å². The highest BCUT2D eigenvalue weighted by Gasteiger charge is 2.44. The predicted octanol–water partition coefficient (Wildman–Crippen LogP) is 1.71. The van der Waals surface area contributed by atoms with Gasteiger partial charge in [0.05, 0.1) is 17.5 Å². The van der Waals surface area contributed by atoms with Crippen molar-refractivity contribution in [1.82, 2.24) is 5.06 Å². The Kier molecular flexibility index (Phi) is 4.18. The Morgan fingerprint density at radius 1 is 1.18 bits per heavy atom. The summed E-state index contributed by atoms with van der Waals surface area (Å²) in [6.07, 6.45) is -8.32. The maximum absolute atomic E-state index is 12.5. The first-order valence-corrected chi connectivity index (χ1v) is 6.04. The van der Waals surface area contributed by atoms with Crippen molar-refractivity contribution in [3.8, 4) is 0 Å². The van der Waals surface area contributed by atoms with Gasteiger partial charge in [0.2, 0.25) is 0 Å². The Labute approximate surface area is 122 Å². The number of carbonyl (C=O) groups is 3. The van der Waals surface area contributed by atoms with Gasteiger partial charge in [0.15, 0.2) is 6.10 Å². The molecule has 118 valence electrons. The van der Waals surface area contributed by atoms with Crippen LogP contribution >= 0.6 is 0 Å². The Balaban J connectivity index is 2.08. The number of halogens is 3. The second-order valence-corrected chi connectivity index (χ2v) is 4.38. The van der Waals surface area contributed by atoms with Gasteiger partial charge in [0.25, 0.3) is 11.8 Å². The number of benzene rings is 1. The molecule has 0 bridgehead atoms. The largest absolute Gasteiger partial charge is 0.415 e. The molecule has 0 aliphatic carbocycles. The first-order valence-electron chi connectivity index (χ1n) is 6.04. The molecule has 22 heavy (non-hydrogen) atoms. The summed E-state index contributed by atoms with van der Waals surface area (Å²) in [5, 5.41) is 0.149. The summed E-state index contributed by atoms with van der Waals surface area (Å²) in [5.41, 5.74) is 0.0267. The van der Waals surface area contributed by atoms with Crippen LogP contribution in [-0.4, -0.2) is 42.2 Å². The lowest BCUT2D eigenvalue weighted by Crippen LogP contribution is -2.37. The first-order chi connectivity index (χ1) is 10.3. The highest BCUT2D eigenvalue weighted by Crippen LogP contribution is 2.26. The lowest BCUT2D eigenvalue weighted by Gasteiger charge is -2.19. The third-order valence-corrected chi connectivity index (χ3v) is 2.95. The van der Waals surface area contributed by atoms with Gasteiger partial charge in [-0.2, -0.15) is 13.2 Å². The molecule has 1 aliphatic rings. The van der Waals surface area contributed by atoms with E-state index in [-0.39, 0.29) is 16.2 Å². The summed E-state index contributed by atoms with van der Waals surface area (Å²) in [5.74, 6) is -3.22. The van der Waals surface area contributed by atoms with Gasteiger partial charge in [-0.15, -0.1) is 0 Å². The van der Waals surface area contributed by atoms with Crippen LogP contribution in [0.5, 0.6) is 0 Å². The van der Waals surface area contributed by atoms with E-state index in [9.17, 15) is 27.6 Å². The first kappa shape index (κ1) is 16.0. The SMILES string of the molecule is COC(CC(=O)ON1C(=O)c2ccccc2C1=O)C(F)(F)F. The fourth-order valence-electron chi connectivity index (χ4n) is 1.87. The normalized spacial score (nSPS) is 15.7. The quantitative estimate of drug-likeness (QED) is 0.791. The molecule has 1 aromatic rings. The number of hydrogen-bond acceptors (Lipinski definition) is 5. The summed E-state index contributed by atoms with van der Waals surface area (Å²) in [7, 11) is 0.785. The zero-order chi connectivity index (χ0) is 16.5. The predicted molar refractivity (Wildman–Crippen MR) is 64.5 cm³/mol. The molecule has 9 heteroatoms. The van der Waals surface area contributed by atoms with E-state index in [4.69, 9.17) is 0 Å². The lowest BCUT2D eigenvalue weighted by molar-refractivity contribution is -0.221. The van der Waals surface area contributed by atoms with E-state index in [1.807, 2.05) is 0 Å². The third kappa shape index (κ3) is 2.93. The monoisotopic (exact) mass is 317 g/mol. The van der Waals surface area contributed by atoms with E-state index in [1.54, 1.807) is 0 Å². The molecule has 0 saturated heterocycles. The molecule has 0 aromatic heterocycles. The number of rotatable bonds is 4. The van der Waals surface area contributed by atoms with Crippen molar-refractivity contribution in [1.29, 1.82) is 0 Å². The average molecular weight is 317 g/mol. The van der Waals surface area contributed by atoms with Gasteiger partial charge in [0, 0.05) is 7.11 Å². The smallest absolute Gasteiger partial charge is 0.371 e. The molecule has 1 aliphatic heterocycles. The number of imide groups is 1. The molecule has 0 saturated carbocycles. The van der Waals surface area contributed by atoms with E-state index < -0.39 is 36.5 Å². The van der Waals surface area contributed by atoms with Crippen LogP contribution in [0.15, 0.2) is 24.3 Å². The van der Waals surface area contributed by atoms with Crippen LogP contribution in [0.1, 0.15) is 27.1 Å². The Hall–Kier alpha value is -2.42. The van der Waals surface area contributed by atoms with Crippen molar-refractivity contribution in [3.63, 3.8) is 0 Å². The van der Waals surface area contributed by atoms with Crippen molar-refractivity contribution in [2.24, 2.45) is 0 Å². The Bertz CT molecular complexity index is 593. The standard InChI is InChI=1S/C13H10F3NO5/c1-21-9(13(14,15)16)6-10(18)22-17-11(19)7-4-2-3-5-8(7)12(17)20/h2-5,9H,6H2,1H3. The van der Waals surface area contributed by atoms with Crippen LogP contribution in [-0.2, 0) is 14.4 Å². The molecule has 1 heterocycles. The van der Waals surface area contributed by atoms with Crippen LogP contribution in [0, 0.1) is 0 Å². The molecule has 1 aromatic carbocycles. The van der Waals surface area contributed by atoms with Gasteiger partial charge in [0.1, 0.15) is 0 Å². The number of alkyl halides is 3. The van der Waals surface area contributed by atoms with E-state index in [2.05, 4.69) is 9.57 Å². The van der Waals surface area contributed by atoms with Gasteiger partial charge in [-0.3, -0.25) is 9.59 Å². The zero-order valence-corrected chi connectivity index (χ0v) is 11.2. The summed E-state index contributed by atoms with van der Waals surface area (Å²) in [6, 6.07) is 5.69. The zero-order valence-electron chi connectivity index (χ0n) is 11.2. The summed E-state index contributed by atoms with van der Waals surface area (Å²) >= 11 is 0. The van der Waals surface area contributed by atoms with Crippen LogP contribution in [0.25, 0.3) is 0 Å². The molecule has 0 radical (unpaired) electrons. The number of nitrogens with zero attached hydrogens (tertiary/aromatic N) is 1. The molecule has 1 unspecified atom stereocenters. The van der Waals surface area contributed by atoms with E-state index in [1.165, 1.54) is 24.3 Å². The molecule has 0 spiro atoms. The minimum Gasteiger partial charge on any atom is -0.371 e. The Morgan fingerprint density at radius 3 is 2.09 bits per heavy atom. The third-order valence-electron chi connectivity index (χ3n) is 2.95. The van der Waals surface area contributed by atoms with Crippen LogP contribution in [0.4, 0.5) is 13.2 Å². The van der Waals surface area contributed by atoms with Crippen LogP contribution in [0.3, 0.4) is 0 Å². The number of hydrogen-bond donors (Lipinski definition) is 0. The molecule has 0 N–H and O–H groups in total. The number of methoxy groups -OCH3 is 1. The average Bonchev–Trinajstić information content (AvgIpc) is 2.69. The molecule has 6 nitrogen and oxygen atoms in total. The van der Waals surface area contributed by atoms with Gasteiger partial charge in [-0.1, -0.05) is 17.2 Å². The van der Waals surface area contributed by atoms with Gasteiger partial charge < -0.3 is 9.57 Å². The van der Waals surface area contributed by atoms with Gasteiger partial charge in [-0.25, -0.2) is 4.79 Å². The minimum atomic E-state index is -4.77. The molecule has 1 atom stereocenters. The highest BCUT2D eigenvalue weighted by atomic mass is 19.4. The van der Waals surface area contributed by atoms with Crippen LogP contribution < -0.4 is 0 Å². The number of carbonyl (C=O) groups excluding carboxylic acids is 3. The molecular weight excluding hydrogens is 307 g/mol. The molecule has 2 rings (SSSR count). The van der Waals surface area contributed by atoms with Crippen molar-refractivity contribution in [3.05, 3.63) is 35.4 Å². The number of fused-ring (bicyclic) bond motifs is 1. The second kappa shape index (κ2) is 5.76. The summed E-state index contributed by atoms with van der Waals surface area (Å²) in [4.78, 5) is 39.7. The van der Waals surface area contributed by atoms with Crippen LogP contribution in [0.2, 0.25) is 0 Å². The number of amides is 2. The van der Waals surface area contributed by atoms with Crippen molar-refractivity contribution >= 4 is 17.8 Å². The number of ether oxygens (including phenoxy) is 1. The maximum Gasteiger partial charge on any atom is 0.415 e. The van der Waals surface area contributed by atoms with E-state index in [0.717, 1.165) is 7.11 Å². The maximum atomic E-state index is 12.5. The number of hydroxylamine groups is 2. The highest BCUT2D eigenvalue weighted by molar-refractivity contribution is 6.20. The summed E-state index contributed by atoms with van der Waals surface area (Å²) in [6.45, 7) is 0. The fourth-order valence-corrected chi connectivity index (χ4v) is 1.87. The van der Waals surface area contributed by atoms with Crippen molar-refractivity contribution in [2.45, 2.75) is 18.7 Å². The van der Waals surface area contributed by atoms with Crippen molar-refractivity contribution < 1.29 is 37.1 Å². The van der Waals surface area contributed by atoms with Gasteiger partial charge in [-0.05, 0) is 12.1 Å².